The molecule has 0 aliphatic carbocycles. The number of aliphatic hydroxyl groups is 2. The Kier molecular flexibility index (Phi) is 11.4. The van der Waals surface area contributed by atoms with Crippen LogP contribution in [0.25, 0.3) is 0 Å². The fourth-order valence-corrected chi connectivity index (χ4v) is 6.55. The Labute approximate surface area is 239 Å². The summed E-state index contributed by atoms with van der Waals surface area (Å²) in [6.07, 6.45) is -7.03. The maximum Gasteiger partial charge on any atom is 0.219 e. The van der Waals surface area contributed by atoms with E-state index in [4.69, 9.17) is 18.9 Å². The zero-order valence-electron chi connectivity index (χ0n) is 25.7. The van der Waals surface area contributed by atoms with E-state index in [0.717, 1.165) is 6.42 Å². The van der Waals surface area contributed by atoms with Crippen molar-refractivity contribution in [3.8, 4) is 0 Å². The molecule has 0 radical (unpaired) electrons. The van der Waals surface area contributed by atoms with Crippen molar-refractivity contribution in [3.05, 3.63) is 0 Å². The molecule has 11 atom stereocenters. The van der Waals surface area contributed by atoms with E-state index >= 15 is 0 Å². The van der Waals surface area contributed by atoms with Crippen LogP contribution in [-0.4, -0.2) is 86.6 Å². The minimum atomic E-state index is -1.49. The Hall–Kier alpha value is -0.450. The van der Waals surface area contributed by atoms with Crippen molar-refractivity contribution in [2.45, 2.75) is 155 Å². The molecule has 1 amide bonds. The summed E-state index contributed by atoms with van der Waals surface area (Å²) in [5.41, 5.74) is -1.05. The van der Waals surface area contributed by atoms with Crippen LogP contribution in [0.5, 0.6) is 0 Å². The molecule has 2 rings (SSSR count). The number of hydrogen-bond donors (Lipinski definition) is 3. The molecule has 0 saturated carbocycles. The van der Waals surface area contributed by atoms with E-state index in [2.05, 4.69) is 13.3 Å². The van der Waals surface area contributed by atoms with Gasteiger partial charge in [0.25, 0.3) is 0 Å². The molecule has 2 heterocycles. The van der Waals surface area contributed by atoms with E-state index in [1.165, 1.54) is 6.92 Å². The molecule has 9 nitrogen and oxygen atoms in total. The van der Waals surface area contributed by atoms with E-state index in [1.54, 1.807) is 0 Å². The molecule has 3 N–H and O–H groups in total. The van der Waals surface area contributed by atoms with E-state index < -0.39 is 63.3 Å². The first kappa shape index (κ1) is 34.7. The van der Waals surface area contributed by atoms with Gasteiger partial charge in [-0.25, -0.2) is 0 Å². The summed E-state index contributed by atoms with van der Waals surface area (Å²) in [5, 5.41) is 25.2. The van der Waals surface area contributed by atoms with Gasteiger partial charge in [0.2, 0.25) is 11.0 Å². The van der Waals surface area contributed by atoms with Crippen LogP contribution in [-0.2, 0) is 38.6 Å². The van der Waals surface area contributed by atoms with Crippen molar-refractivity contribution >= 4 is 29.1 Å². The molecule has 0 aromatic carbocycles. The first-order valence-electron chi connectivity index (χ1n) is 13.9. The minimum absolute atomic E-state index is 0.168. The summed E-state index contributed by atoms with van der Waals surface area (Å²) in [5.74, 6) is -0.421. The molecule has 0 aromatic rings. The highest BCUT2D eigenvalue weighted by Crippen LogP contribution is 2.40. The molecule has 0 bridgehead atoms. The van der Waals surface area contributed by atoms with Crippen LogP contribution in [0.4, 0.5) is 0 Å². The molecule has 0 aromatic heterocycles. The summed E-state index contributed by atoms with van der Waals surface area (Å²) >= 11 is 0. The molecular weight excluding hydrogens is 541 g/mol. The summed E-state index contributed by atoms with van der Waals surface area (Å²) in [7, 11) is 2.67. The van der Waals surface area contributed by atoms with Gasteiger partial charge in [0, 0.05) is 17.6 Å². The fourth-order valence-electron chi connectivity index (χ4n) is 5.17. The van der Waals surface area contributed by atoms with E-state index in [0.29, 0.717) is 0 Å². The molecular formula is C28H52NO8PS. The zero-order valence-corrected chi connectivity index (χ0v) is 27.5. The number of nitrogens with one attached hydrogen (secondary N) is 1. The van der Waals surface area contributed by atoms with E-state index in [9.17, 15) is 19.8 Å². The second-order valence-corrected chi connectivity index (χ2v) is 17.4. The normalized spacial score (nSPS) is 37.3. The van der Waals surface area contributed by atoms with Gasteiger partial charge in [-0.2, -0.15) is 0 Å². The van der Waals surface area contributed by atoms with Gasteiger partial charge in [0.15, 0.2) is 12.4 Å². The van der Waals surface area contributed by atoms with Crippen LogP contribution in [0.1, 0.15) is 89.5 Å². The number of rotatable bonds is 6. The van der Waals surface area contributed by atoms with E-state index in [-0.39, 0.29) is 34.6 Å². The van der Waals surface area contributed by atoms with Gasteiger partial charge in [-0.3, -0.25) is 9.59 Å². The van der Waals surface area contributed by atoms with Crippen molar-refractivity contribution in [2.24, 2.45) is 11.3 Å². The van der Waals surface area contributed by atoms with Crippen molar-refractivity contribution in [1.82, 2.24) is 5.32 Å². The van der Waals surface area contributed by atoms with Crippen LogP contribution in [0, 0.1) is 11.3 Å². The monoisotopic (exact) mass is 593 g/mol. The highest BCUT2D eigenvalue weighted by Gasteiger charge is 2.54. The first-order valence-corrected chi connectivity index (χ1v) is 16.3. The Morgan fingerprint density at radius 1 is 0.974 bits per heavy atom. The van der Waals surface area contributed by atoms with Crippen molar-refractivity contribution in [3.63, 3.8) is 0 Å². The topological polar surface area (TPSA) is 124 Å². The minimum Gasteiger partial charge on any atom is -0.387 e. The second kappa shape index (κ2) is 12.8. The smallest absolute Gasteiger partial charge is 0.219 e. The number of ether oxygens (including phenoxy) is 4. The van der Waals surface area contributed by atoms with Crippen LogP contribution in [0.2, 0.25) is 0 Å². The number of aliphatic hydroxyl groups excluding tert-OH is 2. The number of carbonyl (C=O) groups excluding carboxylic acids is 2. The van der Waals surface area contributed by atoms with Gasteiger partial charge in [-0.05, 0) is 32.6 Å². The molecule has 2 fully saturated rings. The van der Waals surface area contributed by atoms with Crippen molar-refractivity contribution in [2.75, 3.05) is 0 Å². The van der Waals surface area contributed by atoms with Gasteiger partial charge in [-0.15, -0.1) is 0 Å². The second-order valence-electron chi connectivity index (χ2n) is 13.9. The standard InChI is InChI=1S/C28H52NO8PS/c1-13-16-14(2)20(17(29-15(3)30)23(34-16)26(4,5)6)35-25-19(32)18(31)21(37-27(7,8)9)22(36-25)24(33)39(38)28(10,11)12/h14,16-23,25,31-32,38H,13H2,1-12H3,(H,29,30). The zero-order chi connectivity index (χ0) is 30.2. The predicted octanol–water partition coefficient (Wildman–Crippen LogP) is 3.37. The molecule has 11 heteroatoms. The van der Waals surface area contributed by atoms with Gasteiger partial charge in [-0.1, -0.05) is 73.5 Å². The van der Waals surface area contributed by atoms with E-state index in [1.807, 2.05) is 76.2 Å². The molecule has 2 aliphatic heterocycles. The molecule has 39 heavy (non-hydrogen) atoms. The maximum atomic E-state index is 13.7. The number of carbonyl (C=O) groups is 2. The lowest BCUT2D eigenvalue weighted by Gasteiger charge is -2.52. The molecule has 228 valence electrons. The largest absolute Gasteiger partial charge is 0.387 e. The Morgan fingerprint density at radius 2 is 1.54 bits per heavy atom. The predicted molar refractivity (Wildman–Crippen MR) is 156 cm³/mol. The number of hydrogen-bond acceptors (Lipinski definition) is 8. The Bertz CT molecular complexity index is 895. The summed E-state index contributed by atoms with van der Waals surface area (Å²) in [4.78, 5) is 26.0. The SMILES string of the molecule is CCC1OC(C(C)(C)C)C(NC(C)=O)C(OC2OC(C(=O)S(=P)C(C)(C)C)C(OC(C)(C)C)C(O)C2O)C1C. The quantitative estimate of drug-likeness (QED) is 0.401. The van der Waals surface area contributed by atoms with Gasteiger partial charge >= 0.3 is 0 Å². The lowest BCUT2D eigenvalue weighted by atomic mass is 9.76. The van der Waals surface area contributed by atoms with Gasteiger partial charge in [0.1, 0.15) is 18.3 Å². The third kappa shape index (κ3) is 8.54. The Morgan fingerprint density at radius 3 is 1.97 bits per heavy atom. The fraction of sp³-hybridized carbons (Fsp3) is 0.929. The molecule has 11 unspecified atom stereocenters. The highest BCUT2D eigenvalue weighted by molar-refractivity contribution is 8.27. The first-order chi connectivity index (χ1) is 17.6. The third-order valence-electron chi connectivity index (χ3n) is 7.10. The van der Waals surface area contributed by atoms with Gasteiger partial charge in [0.05, 0.1) is 30.0 Å². The number of amides is 1. The lowest BCUT2D eigenvalue weighted by molar-refractivity contribution is -0.329. The van der Waals surface area contributed by atoms with Crippen LogP contribution in [0.15, 0.2) is 0 Å². The van der Waals surface area contributed by atoms with Crippen LogP contribution >= 0.6 is 8.02 Å². The molecule has 2 aliphatic rings. The highest BCUT2D eigenvalue weighted by atomic mass is 32.5. The average molecular weight is 594 g/mol. The third-order valence-corrected chi connectivity index (χ3v) is 11.4. The van der Waals surface area contributed by atoms with Crippen LogP contribution in [0.3, 0.4) is 0 Å². The summed E-state index contributed by atoms with van der Waals surface area (Å²) in [6, 6.07) is -0.550. The van der Waals surface area contributed by atoms with Crippen LogP contribution < -0.4 is 5.32 Å². The Balaban J connectivity index is 2.51. The summed E-state index contributed by atoms with van der Waals surface area (Å²) < 4.78 is 24.8. The van der Waals surface area contributed by atoms with Gasteiger partial charge < -0.3 is 34.5 Å². The molecule has 2 saturated heterocycles. The maximum absolute atomic E-state index is 13.7. The lowest BCUT2D eigenvalue weighted by Crippen LogP contribution is -2.67. The van der Waals surface area contributed by atoms with Crippen molar-refractivity contribution < 1.29 is 38.7 Å². The molecule has 0 spiro atoms. The van der Waals surface area contributed by atoms with Crippen molar-refractivity contribution in [1.29, 1.82) is 0 Å². The summed E-state index contributed by atoms with van der Waals surface area (Å²) in [6.45, 7) is 22.8. The average Bonchev–Trinajstić information content (AvgIpc) is 2.77.